The maximum absolute atomic E-state index is 12.3. The van der Waals surface area contributed by atoms with Crippen molar-refractivity contribution in [2.24, 2.45) is 0 Å². The molecule has 3 rings (SSSR count). The van der Waals surface area contributed by atoms with Crippen LogP contribution in [0.15, 0.2) is 83.8 Å². The summed E-state index contributed by atoms with van der Waals surface area (Å²) in [5.41, 5.74) is 1.38. The number of benzene rings is 3. The quantitative estimate of drug-likeness (QED) is 0.387. The zero-order valence-electron chi connectivity index (χ0n) is 14.0. The minimum Gasteiger partial charge on any atom is -0.423 e. The molecule has 26 heavy (non-hydrogen) atoms. The van der Waals surface area contributed by atoms with E-state index < -0.39 is 16.1 Å². The Labute approximate surface area is 151 Å². The maximum Gasteiger partial charge on any atom is 0.343 e. The fourth-order valence-electron chi connectivity index (χ4n) is 2.18. The van der Waals surface area contributed by atoms with Crippen LogP contribution < -0.4 is 8.92 Å². The van der Waals surface area contributed by atoms with Crippen LogP contribution in [-0.2, 0) is 10.1 Å². The maximum atomic E-state index is 12.3. The summed E-state index contributed by atoms with van der Waals surface area (Å²) in [6.45, 7) is 1.87. The number of hydrogen-bond donors (Lipinski definition) is 0. The predicted octanol–water partition coefficient (Wildman–Crippen LogP) is 3.98. The lowest BCUT2D eigenvalue weighted by Crippen LogP contribution is -2.10. The number of hydrogen-bond acceptors (Lipinski definition) is 5. The summed E-state index contributed by atoms with van der Waals surface area (Å²) in [5.74, 6) is -0.0735. The first kappa shape index (κ1) is 17.7. The highest BCUT2D eigenvalue weighted by Crippen LogP contribution is 2.22. The van der Waals surface area contributed by atoms with Crippen LogP contribution in [0.1, 0.15) is 15.9 Å². The molecule has 0 amide bonds. The second-order valence-electron chi connectivity index (χ2n) is 5.58. The van der Waals surface area contributed by atoms with Crippen molar-refractivity contribution < 1.29 is 22.1 Å². The zero-order valence-corrected chi connectivity index (χ0v) is 14.8. The molecule has 132 valence electrons. The van der Waals surface area contributed by atoms with Crippen LogP contribution >= 0.6 is 0 Å². The van der Waals surface area contributed by atoms with E-state index in [-0.39, 0.29) is 10.6 Å². The molecule has 3 aromatic rings. The molecule has 0 saturated heterocycles. The van der Waals surface area contributed by atoms with Crippen LogP contribution in [0.3, 0.4) is 0 Å². The number of carbonyl (C=O) groups is 1. The molecule has 0 N–H and O–H groups in total. The number of rotatable bonds is 5. The Morgan fingerprint density at radius 1 is 0.769 bits per heavy atom. The Balaban J connectivity index is 1.69. The summed E-state index contributed by atoms with van der Waals surface area (Å²) in [6, 6.07) is 20.7. The van der Waals surface area contributed by atoms with E-state index in [2.05, 4.69) is 0 Å². The van der Waals surface area contributed by atoms with Gasteiger partial charge in [-0.2, -0.15) is 8.42 Å². The van der Waals surface area contributed by atoms with E-state index in [0.717, 1.165) is 5.56 Å². The molecule has 0 aliphatic carbocycles. The Kier molecular flexibility index (Phi) is 5.04. The minimum absolute atomic E-state index is 0.0719. The van der Waals surface area contributed by atoms with Gasteiger partial charge < -0.3 is 8.92 Å². The minimum atomic E-state index is -3.92. The monoisotopic (exact) mass is 368 g/mol. The molecular weight excluding hydrogens is 352 g/mol. The highest BCUT2D eigenvalue weighted by Gasteiger charge is 2.16. The summed E-state index contributed by atoms with van der Waals surface area (Å²) < 4.78 is 34.8. The van der Waals surface area contributed by atoms with Gasteiger partial charge in [-0.15, -0.1) is 0 Å². The van der Waals surface area contributed by atoms with E-state index in [0.29, 0.717) is 11.3 Å². The molecule has 6 heteroatoms. The van der Waals surface area contributed by atoms with Crippen molar-refractivity contribution in [3.63, 3.8) is 0 Å². The topological polar surface area (TPSA) is 69.7 Å². The van der Waals surface area contributed by atoms with E-state index in [1.54, 1.807) is 42.5 Å². The van der Waals surface area contributed by atoms with Crippen molar-refractivity contribution in [2.75, 3.05) is 0 Å². The largest absolute Gasteiger partial charge is 0.423 e. The van der Waals surface area contributed by atoms with E-state index in [4.69, 9.17) is 8.92 Å². The van der Waals surface area contributed by atoms with Gasteiger partial charge in [0.25, 0.3) is 0 Å². The summed E-state index contributed by atoms with van der Waals surface area (Å²) in [7, 11) is -3.92. The first-order valence-electron chi connectivity index (χ1n) is 7.82. The second-order valence-corrected chi connectivity index (χ2v) is 7.12. The van der Waals surface area contributed by atoms with Gasteiger partial charge in [-0.3, -0.25) is 0 Å². The Hall–Kier alpha value is -3.12. The first-order chi connectivity index (χ1) is 12.4. The summed E-state index contributed by atoms with van der Waals surface area (Å²) in [4.78, 5) is 12.1. The van der Waals surface area contributed by atoms with E-state index in [1.807, 2.05) is 6.92 Å². The number of ether oxygens (including phenoxy) is 1. The Bertz CT molecular complexity index is 992. The zero-order chi connectivity index (χ0) is 18.6. The number of esters is 1. The van der Waals surface area contributed by atoms with Crippen LogP contribution in [0.5, 0.6) is 11.5 Å². The normalized spacial score (nSPS) is 11.0. The fourth-order valence-corrected chi connectivity index (χ4v) is 3.11. The van der Waals surface area contributed by atoms with E-state index >= 15 is 0 Å². The van der Waals surface area contributed by atoms with Crippen LogP contribution in [-0.4, -0.2) is 14.4 Å². The first-order valence-corrected chi connectivity index (χ1v) is 9.23. The second kappa shape index (κ2) is 7.41. The molecule has 0 aliphatic rings. The number of carbonyl (C=O) groups excluding carboxylic acids is 1. The van der Waals surface area contributed by atoms with Crippen LogP contribution in [0.25, 0.3) is 0 Å². The van der Waals surface area contributed by atoms with Gasteiger partial charge in [-0.25, -0.2) is 4.79 Å². The van der Waals surface area contributed by atoms with Crippen molar-refractivity contribution in [1.82, 2.24) is 0 Å². The van der Waals surface area contributed by atoms with Gasteiger partial charge in [0.05, 0.1) is 5.56 Å². The molecule has 5 nitrogen and oxygen atoms in total. The predicted molar refractivity (Wildman–Crippen MR) is 96.8 cm³/mol. The summed E-state index contributed by atoms with van der Waals surface area (Å²) in [6.07, 6.45) is 0. The van der Waals surface area contributed by atoms with Crippen molar-refractivity contribution in [3.05, 3.63) is 90.0 Å². The Morgan fingerprint density at radius 3 is 1.96 bits per heavy atom. The average Bonchev–Trinajstić information content (AvgIpc) is 2.64. The van der Waals surface area contributed by atoms with Crippen LogP contribution in [0, 0.1) is 6.92 Å². The van der Waals surface area contributed by atoms with Gasteiger partial charge in [0, 0.05) is 0 Å². The van der Waals surface area contributed by atoms with Crippen LogP contribution in [0.2, 0.25) is 0 Å². The van der Waals surface area contributed by atoms with Gasteiger partial charge in [0.2, 0.25) is 0 Å². The standard InChI is InChI=1S/C20H16O5S/c1-15-7-13-19(14-8-15)26(22,23)25-18-11-9-17(10-12-18)24-20(21)16-5-3-2-4-6-16/h2-14H,1H3. The van der Waals surface area contributed by atoms with Gasteiger partial charge >= 0.3 is 16.1 Å². The summed E-state index contributed by atoms with van der Waals surface area (Å²) in [5, 5.41) is 0. The highest BCUT2D eigenvalue weighted by atomic mass is 32.2. The molecular formula is C20H16O5S. The van der Waals surface area contributed by atoms with Crippen molar-refractivity contribution in [2.45, 2.75) is 11.8 Å². The molecule has 0 bridgehead atoms. The lowest BCUT2D eigenvalue weighted by molar-refractivity contribution is 0.0734. The average molecular weight is 368 g/mol. The van der Waals surface area contributed by atoms with Gasteiger partial charge in [-0.1, -0.05) is 35.9 Å². The van der Waals surface area contributed by atoms with Gasteiger partial charge in [0.1, 0.15) is 16.4 Å². The molecule has 0 heterocycles. The molecule has 0 fully saturated rings. The smallest absolute Gasteiger partial charge is 0.343 e. The van der Waals surface area contributed by atoms with Gasteiger partial charge in [0.15, 0.2) is 0 Å². The van der Waals surface area contributed by atoms with Crippen LogP contribution in [0.4, 0.5) is 0 Å². The SMILES string of the molecule is Cc1ccc(S(=O)(=O)Oc2ccc(OC(=O)c3ccccc3)cc2)cc1. The van der Waals surface area contributed by atoms with Crippen molar-refractivity contribution in [1.29, 1.82) is 0 Å². The van der Waals surface area contributed by atoms with E-state index in [1.165, 1.54) is 36.4 Å². The molecule has 0 saturated carbocycles. The molecule has 0 spiro atoms. The van der Waals surface area contributed by atoms with Crippen molar-refractivity contribution in [3.8, 4) is 11.5 Å². The third-order valence-electron chi connectivity index (χ3n) is 3.56. The van der Waals surface area contributed by atoms with Gasteiger partial charge in [-0.05, 0) is 55.5 Å². The molecule has 0 unspecified atom stereocenters. The van der Waals surface area contributed by atoms with Crippen molar-refractivity contribution >= 4 is 16.1 Å². The lowest BCUT2D eigenvalue weighted by Gasteiger charge is -2.08. The third-order valence-corrected chi connectivity index (χ3v) is 4.82. The van der Waals surface area contributed by atoms with E-state index in [9.17, 15) is 13.2 Å². The molecule has 0 radical (unpaired) electrons. The highest BCUT2D eigenvalue weighted by molar-refractivity contribution is 7.87. The fraction of sp³-hybridized carbons (Fsp3) is 0.0500. The molecule has 3 aromatic carbocycles. The molecule has 0 aromatic heterocycles. The molecule has 0 aliphatic heterocycles. The summed E-state index contributed by atoms with van der Waals surface area (Å²) >= 11 is 0. The Morgan fingerprint density at radius 2 is 1.35 bits per heavy atom. The number of aryl methyl sites for hydroxylation is 1. The third kappa shape index (κ3) is 4.29. The molecule has 0 atom stereocenters. The lowest BCUT2D eigenvalue weighted by atomic mass is 10.2.